The van der Waals surface area contributed by atoms with E-state index < -0.39 is 0 Å². The first-order valence-electron chi connectivity index (χ1n) is 9.86. The molecule has 146 valence electrons. The topological polar surface area (TPSA) is 74.8 Å². The van der Waals surface area contributed by atoms with Gasteiger partial charge in [0, 0.05) is 12.8 Å². The number of para-hydroxylation sites is 1. The quantitative estimate of drug-likeness (QED) is 0.520. The number of aryl methyl sites for hydroxylation is 1. The van der Waals surface area contributed by atoms with Crippen LogP contribution in [0.1, 0.15) is 37.2 Å². The fourth-order valence-electron chi connectivity index (χ4n) is 3.54. The molecular weight excluding hydrogens is 362 g/mol. The molecule has 1 heterocycles. The summed E-state index contributed by atoms with van der Waals surface area (Å²) < 4.78 is 0. The number of carbonyl (C=O) groups is 1. The van der Waals surface area contributed by atoms with Crippen molar-refractivity contribution in [1.82, 2.24) is 15.3 Å². The van der Waals surface area contributed by atoms with Gasteiger partial charge in [-0.1, -0.05) is 48.5 Å². The maximum Gasteiger partial charge on any atom is 0.258 e. The standard InChI is InChI=1S/C24H23N3O2/c1-16(18-14-13-17-7-2-3-8-19(17)15-18)25-23(28)12-6-11-22-26-21-10-5-4-9-20(21)24(29)27-22/h2-5,7-10,13-16H,6,11-12H2,1H3,(H,25,28)(H,26,27,29). The summed E-state index contributed by atoms with van der Waals surface area (Å²) in [7, 11) is 0. The molecule has 0 aliphatic rings. The number of fused-ring (bicyclic) bond motifs is 2. The number of rotatable bonds is 6. The summed E-state index contributed by atoms with van der Waals surface area (Å²) in [6, 6.07) is 21.6. The van der Waals surface area contributed by atoms with Gasteiger partial charge in [0.2, 0.25) is 5.91 Å². The predicted molar refractivity (Wildman–Crippen MR) is 116 cm³/mol. The van der Waals surface area contributed by atoms with Crippen molar-refractivity contribution in [2.45, 2.75) is 32.2 Å². The molecule has 0 aliphatic heterocycles. The van der Waals surface area contributed by atoms with Gasteiger partial charge in [-0.3, -0.25) is 9.59 Å². The summed E-state index contributed by atoms with van der Waals surface area (Å²) in [6.07, 6.45) is 1.56. The number of nitrogens with one attached hydrogen (secondary N) is 2. The Hall–Kier alpha value is -3.47. The van der Waals surface area contributed by atoms with E-state index >= 15 is 0 Å². The van der Waals surface area contributed by atoms with Gasteiger partial charge in [0.05, 0.1) is 16.9 Å². The van der Waals surface area contributed by atoms with Crippen LogP contribution in [0, 0.1) is 0 Å². The Morgan fingerprint density at radius 3 is 2.66 bits per heavy atom. The van der Waals surface area contributed by atoms with Crippen LogP contribution in [-0.4, -0.2) is 15.9 Å². The highest BCUT2D eigenvalue weighted by molar-refractivity contribution is 5.83. The lowest BCUT2D eigenvalue weighted by atomic mass is 10.0. The van der Waals surface area contributed by atoms with E-state index in [0.717, 1.165) is 10.9 Å². The van der Waals surface area contributed by atoms with Gasteiger partial charge in [-0.05, 0) is 47.9 Å². The van der Waals surface area contributed by atoms with Crippen LogP contribution in [0.3, 0.4) is 0 Å². The van der Waals surface area contributed by atoms with Crippen molar-refractivity contribution < 1.29 is 4.79 Å². The first-order valence-corrected chi connectivity index (χ1v) is 9.86. The van der Waals surface area contributed by atoms with Gasteiger partial charge in [0.1, 0.15) is 5.82 Å². The normalized spacial score (nSPS) is 12.2. The van der Waals surface area contributed by atoms with Gasteiger partial charge < -0.3 is 10.3 Å². The molecule has 2 N–H and O–H groups in total. The van der Waals surface area contributed by atoms with Gasteiger partial charge in [0.15, 0.2) is 0 Å². The van der Waals surface area contributed by atoms with E-state index in [9.17, 15) is 9.59 Å². The zero-order chi connectivity index (χ0) is 20.2. The first kappa shape index (κ1) is 18.9. The van der Waals surface area contributed by atoms with Crippen LogP contribution in [0.25, 0.3) is 21.7 Å². The van der Waals surface area contributed by atoms with Crippen LogP contribution in [0.4, 0.5) is 0 Å². The van der Waals surface area contributed by atoms with Gasteiger partial charge in [-0.2, -0.15) is 0 Å². The van der Waals surface area contributed by atoms with Crippen molar-refractivity contribution in [2.75, 3.05) is 0 Å². The average Bonchev–Trinajstić information content (AvgIpc) is 2.73. The molecule has 1 atom stereocenters. The number of amides is 1. The van der Waals surface area contributed by atoms with Crippen LogP contribution >= 0.6 is 0 Å². The Labute approximate surface area is 168 Å². The number of hydrogen-bond donors (Lipinski definition) is 2. The molecule has 0 fully saturated rings. The molecule has 5 nitrogen and oxygen atoms in total. The molecule has 0 spiro atoms. The second-order valence-corrected chi connectivity index (χ2v) is 7.28. The molecule has 0 saturated heterocycles. The Morgan fingerprint density at radius 1 is 1.03 bits per heavy atom. The van der Waals surface area contributed by atoms with Crippen molar-refractivity contribution in [2.24, 2.45) is 0 Å². The Kier molecular flexibility index (Phi) is 5.38. The van der Waals surface area contributed by atoms with E-state index in [4.69, 9.17) is 0 Å². The van der Waals surface area contributed by atoms with Gasteiger partial charge >= 0.3 is 0 Å². The van der Waals surface area contributed by atoms with Crippen LogP contribution in [0.15, 0.2) is 71.5 Å². The maximum absolute atomic E-state index is 12.4. The summed E-state index contributed by atoms with van der Waals surface area (Å²) in [4.78, 5) is 31.8. The van der Waals surface area contributed by atoms with Crippen molar-refractivity contribution in [3.05, 3.63) is 88.5 Å². The third-order valence-corrected chi connectivity index (χ3v) is 5.13. The molecular formula is C24H23N3O2. The lowest BCUT2D eigenvalue weighted by molar-refractivity contribution is -0.121. The molecule has 0 bridgehead atoms. The molecule has 5 heteroatoms. The molecule has 1 unspecified atom stereocenters. The van der Waals surface area contributed by atoms with E-state index in [2.05, 4.69) is 45.6 Å². The van der Waals surface area contributed by atoms with E-state index in [-0.39, 0.29) is 17.5 Å². The molecule has 3 aromatic carbocycles. The molecule has 29 heavy (non-hydrogen) atoms. The van der Waals surface area contributed by atoms with Crippen molar-refractivity contribution in [3.63, 3.8) is 0 Å². The number of aromatic nitrogens is 2. The van der Waals surface area contributed by atoms with Crippen LogP contribution in [-0.2, 0) is 11.2 Å². The molecule has 4 aromatic rings. The third-order valence-electron chi connectivity index (χ3n) is 5.13. The number of hydrogen-bond acceptors (Lipinski definition) is 3. The zero-order valence-corrected chi connectivity index (χ0v) is 16.3. The van der Waals surface area contributed by atoms with Gasteiger partial charge in [0.25, 0.3) is 5.56 Å². The molecule has 1 amide bonds. The average molecular weight is 385 g/mol. The first-order chi connectivity index (χ1) is 14.1. The molecule has 0 radical (unpaired) electrons. The monoisotopic (exact) mass is 385 g/mol. The minimum atomic E-state index is -0.139. The molecule has 0 aliphatic carbocycles. The second-order valence-electron chi connectivity index (χ2n) is 7.28. The number of benzene rings is 3. The number of nitrogens with zero attached hydrogens (tertiary/aromatic N) is 1. The summed E-state index contributed by atoms with van der Waals surface area (Å²) in [6.45, 7) is 1.99. The summed E-state index contributed by atoms with van der Waals surface area (Å²) >= 11 is 0. The van der Waals surface area contributed by atoms with E-state index in [1.807, 2.05) is 37.3 Å². The zero-order valence-electron chi connectivity index (χ0n) is 16.3. The van der Waals surface area contributed by atoms with Crippen molar-refractivity contribution >= 4 is 27.6 Å². The van der Waals surface area contributed by atoms with Gasteiger partial charge in [-0.25, -0.2) is 4.98 Å². The van der Waals surface area contributed by atoms with Gasteiger partial charge in [-0.15, -0.1) is 0 Å². The Balaban J connectivity index is 1.34. The second kappa shape index (κ2) is 8.27. The highest BCUT2D eigenvalue weighted by atomic mass is 16.1. The number of H-pyrrole nitrogens is 1. The molecule has 4 rings (SSSR count). The summed E-state index contributed by atoms with van der Waals surface area (Å²) in [5.74, 6) is 0.609. The maximum atomic E-state index is 12.4. The highest BCUT2D eigenvalue weighted by Crippen LogP contribution is 2.20. The number of aromatic amines is 1. The fraction of sp³-hybridized carbons (Fsp3) is 0.208. The SMILES string of the molecule is CC(NC(=O)CCCc1nc2ccccc2c(=O)[nH]1)c1ccc2ccccc2c1. The predicted octanol–water partition coefficient (Wildman–Crippen LogP) is 4.28. The molecule has 0 saturated carbocycles. The van der Waals surface area contributed by atoms with E-state index in [1.54, 1.807) is 6.07 Å². The highest BCUT2D eigenvalue weighted by Gasteiger charge is 2.11. The van der Waals surface area contributed by atoms with E-state index in [0.29, 0.717) is 36.0 Å². The lowest BCUT2D eigenvalue weighted by Gasteiger charge is -2.15. The summed E-state index contributed by atoms with van der Waals surface area (Å²) in [5.41, 5.74) is 1.62. The minimum absolute atomic E-state index is 0.00575. The largest absolute Gasteiger partial charge is 0.350 e. The fourth-order valence-corrected chi connectivity index (χ4v) is 3.54. The number of carbonyl (C=O) groups excluding carboxylic acids is 1. The third kappa shape index (κ3) is 4.35. The summed E-state index contributed by atoms with van der Waals surface area (Å²) in [5, 5.41) is 5.99. The lowest BCUT2D eigenvalue weighted by Crippen LogP contribution is -2.26. The molecule has 1 aromatic heterocycles. The minimum Gasteiger partial charge on any atom is -0.350 e. The Morgan fingerprint density at radius 2 is 1.79 bits per heavy atom. The smallest absolute Gasteiger partial charge is 0.258 e. The van der Waals surface area contributed by atoms with Crippen LogP contribution < -0.4 is 10.9 Å². The van der Waals surface area contributed by atoms with E-state index in [1.165, 1.54) is 5.39 Å². The Bertz CT molecular complexity index is 1230. The van der Waals surface area contributed by atoms with Crippen molar-refractivity contribution in [3.8, 4) is 0 Å². The van der Waals surface area contributed by atoms with Crippen molar-refractivity contribution in [1.29, 1.82) is 0 Å². The van der Waals surface area contributed by atoms with Crippen LogP contribution in [0.2, 0.25) is 0 Å². The van der Waals surface area contributed by atoms with Crippen LogP contribution in [0.5, 0.6) is 0 Å².